The molecular weight excluding hydrogens is 466 g/mol. The number of carbonyl (C=O) groups excluding carboxylic acids is 2. The highest BCUT2D eigenvalue weighted by Crippen LogP contribution is 2.19. The zero-order chi connectivity index (χ0) is 25.9. The van der Waals surface area contributed by atoms with Gasteiger partial charge < -0.3 is 29.5 Å². The molecule has 0 radical (unpaired) electrons. The molecule has 0 rings (SSSR count). The standard InChI is InChI=1S/C24H53N3O5Si2/c1-8-22(2)30-19-13-14-20-31-24(29)27-17-12-10-9-11-16-25-23(28)26-18-15-21-34(6,7)32-33(3,4)5/h22H,8-21H2,1-7H3,(H,27,29)(H2,25,26,28). The minimum Gasteiger partial charge on any atom is -0.456 e. The Labute approximate surface area is 210 Å². The summed E-state index contributed by atoms with van der Waals surface area (Å²) < 4.78 is 17.1. The predicted molar refractivity (Wildman–Crippen MR) is 145 cm³/mol. The van der Waals surface area contributed by atoms with Crippen molar-refractivity contribution in [3.05, 3.63) is 0 Å². The minimum atomic E-state index is -1.63. The van der Waals surface area contributed by atoms with E-state index in [9.17, 15) is 9.59 Å². The number of nitrogens with one attached hydrogen (secondary N) is 3. The molecule has 0 heterocycles. The first-order chi connectivity index (χ1) is 15.9. The molecule has 0 aromatic carbocycles. The molecule has 0 aromatic rings. The van der Waals surface area contributed by atoms with Crippen LogP contribution in [-0.4, -0.2) is 67.7 Å². The largest absolute Gasteiger partial charge is 0.456 e. The van der Waals surface area contributed by atoms with E-state index in [-0.39, 0.29) is 12.1 Å². The van der Waals surface area contributed by atoms with Gasteiger partial charge in [0.2, 0.25) is 0 Å². The number of carbonyl (C=O) groups is 2. The number of unbranched alkanes of at least 4 members (excludes halogenated alkanes) is 4. The van der Waals surface area contributed by atoms with E-state index in [4.69, 9.17) is 13.6 Å². The molecule has 8 nitrogen and oxygen atoms in total. The van der Waals surface area contributed by atoms with E-state index < -0.39 is 16.6 Å². The van der Waals surface area contributed by atoms with Crippen LogP contribution in [0.2, 0.25) is 38.8 Å². The Morgan fingerprint density at radius 1 is 0.765 bits per heavy atom. The van der Waals surface area contributed by atoms with Gasteiger partial charge in [-0.25, -0.2) is 9.59 Å². The lowest BCUT2D eigenvalue weighted by molar-refractivity contribution is 0.0573. The van der Waals surface area contributed by atoms with Crippen LogP contribution < -0.4 is 16.0 Å². The van der Waals surface area contributed by atoms with E-state index in [1.165, 1.54) is 0 Å². The SMILES string of the molecule is CCC(C)OCCCCOC(=O)NCCCCCCNC(=O)NCCC[Si](C)(C)O[Si](C)(C)C. The number of amides is 3. The second-order valence-corrected chi connectivity index (χ2v) is 19.6. The van der Waals surface area contributed by atoms with Gasteiger partial charge in [-0.05, 0) is 84.2 Å². The zero-order valence-electron chi connectivity index (χ0n) is 23.0. The van der Waals surface area contributed by atoms with Crippen LogP contribution in [0.5, 0.6) is 0 Å². The Morgan fingerprint density at radius 3 is 1.91 bits per heavy atom. The summed E-state index contributed by atoms with van der Waals surface area (Å²) in [6, 6.07) is 0.966. The van der Waals surface area contributed by atoms with Gasteiger partial charge in [-0.1, -0.05) is 19.8 Å². The van der Waals surface area contributed by atoms with Crippen LogP contribution >= 0.6 is 0 Å². The summed E-state index contributed by atoms with van der Waals surface area (Å²) in [5, 5.41) is 8.64. The number of alkyl carbamates (subject to hydrolysis) is 1. The van der Waals surface area contributed by atoms with Crippen molar-refractivity contribution in [2.45, 2.75) is 110 Å². The number of ether oxygens (including phenoxy) is 2. The van der Waals surface area contributed by atoms with E-state index in [1.54, 1.807) is 0 Å². The number of urea groups is 1. The normalized spacial score (nSPS) is 12.8. The van der Waals surface area contributed by atoms with Gasteiger partial charge in [0.15, 0.2) is 16.6 Å². The Morgan fingerprint density at radius 2 is 1.32 bits per heavy atom. The number of hydrogen-bond acceptors (Lipinski definition) is 5. The molecule has 0 aromatic heterocycles. The Kier molecular flexibility index (Phi) is 18.5. The fourth-order valence-electron chi connectivity index (χ4n) is 3.48. The Balaban J connectivity index is 3.49. The van der Waals surface area contributed by atoms with Gasteiger partial charge in [0, 0.05) is 26.2 Å². The van der Waals surface area contributed by atoms with Gasteiger partial charge in [0.25, 0.3) is 0 Å². The lowest BCUT2D eigenvalue weighted by Crippen LogP contribution is -2.43. The van der Waals surface area contributed by atoms with Crippen LogP contribution in [0.25, 0.3) is 0 Å². The topological polar surface area (TPSA) is 97.9 Å². The molecule has 10 heteroatoms. The molecule has 0 saturated carbocycles. The lowest BCUT2D eigenvalue weighted by atomic mass is 10.2. The fourth-order valence-corrected chi connectivity index (χ4v) is 11.5. The quantitative estimate of drug-likeness (QED) is 0.143. The molecule has 1 unspecified atom stereocenters. The number of hydrogen-bond donors (Lipinski definition) is 3. The predicted octanol–water partition coefficient (Wildman–Crippen LogP) is 5.61. The monoisotopic (exact) mass is 519 g/mol. The summed E-state index contributed by atoms with van der Waals surface area (Å²) in [7, 11) is -3.13. The van der Waals surface area contributed by atoms with Crippen LogP contribution in [0.4, 0.5) is 9.59 Å². The first-order valence-electron chi connectivity index (χ1n) is 13.2. The second-order valence-electron chi connectivity index (χ2n) is 10.5. The second kappa shape index (κ2) is 19.1. The van der Waals surface area contributed by atoms with Gasteiger partial charge in [-0.2, -0.15) is 0 Å². The van der Waals surface area contributed by atoms with Crippen LogP contribution in [0.3, 0.4) is 0 Å². The Hall–Kier alpha value is -1.11. The van der Waals surface area contributed by atoms with Gasteiger partial charge in [-0.3, -0.25) is 0 Å². The van der Waals surface area contributed by atoms with Crippen molar-refractivity contribution < 1.29 is 23.2 Å². The fraction of sp³-hybridized carbons (Fsp3) is 0.917. The molecule has 0 bridgehead atoms. The molecule has 0 aliphatic heterocycles. The van der Waals surface area contributed by atoms with Crippen molar-refractivity contribution in [1.29, 1.82) is 0 Å². The van der Waals surface area contributed by atoms with E-state index >= 15 is 0 Å². The summed E-state index contributed by atoms with van der Waals surface area (Å²) in [6.45, 7) is 18.5. The molecule has 3 amide bonds. The van der Waals surface area contributed by atoms with E-state index in [0.29, 0.717) is 39.0 Å². The summed E-state index contributed by atoms with van der Waals surface area (Å²) in [4.78, 5) is 23.5. The van der Waals surface area contributed by atoms with Gasteiger partial charge in [-0.15, -0.1) is 0 Å². The smallest absolute Gasteiger partial charge is 0.407 e. The van der Waals surface area contributed by atoms with Crippen LogP contribution in [-0.2, 0) is 13.6 Å². The molecule has 0 aliphatic rings. The van der Waals surface area contributed by atoms with Crippen molar-refractivity contribution in [3.8, 4) is 0 Å². The van der Waals surface area contributed by atoms with Crippen LogP contribution in [0.15, 0.2) is 0 Å². The van der Waals surface area contributed by atoms with Crippen molar-refractivity contribution >= 4 is 28.8 Å². The highest BCUT2D eigenvalue weighted by Gasteiger charge is 2.28. The summed E-state index contributed by atoms with van der Waals surface area (Å²) in [5.41, 5.74) is 0. The highest BCUT2D eigenvalue weighted by molar-refractivity contribution is 6.84. The lowest BCUT2D eigenvalue weighted by Gasteiger charge is -2.31. The third kappa shape index (κ3) is 22.7. The molecule has 34 heavy (non-hydrogen) atoms. The van der Waals surface area contributed by atoms with Gasteiger partial charge >= 0.3 is 12.1 Å². The van der Waals surface area contributed by atoms with Crippen molar-refractivity contribution in [2.75, 3.05) is 32.8 Å². The first-order valence-corrected chi connectivity index (χ1v) is 19.7. The van der Waals surface area contributed by atoms with Gasteiger partial charge in [0.1, 0.15) is 0 Å². The third-order valence-corrected chi connectivity index (χ3v) is 11.4. The molecular formula is C24H53N3O5Si2. The van der Waals surface area contributed by atoms with Gasteiger partial charge in [0.05, 0.1) is 12.7 Å². The molecule has 1 atom stereocenters. The van der Waals surface area contributed by atoms with Crippen LogP contribution in [0.1, 0.15) is 65.2 Å². The van der Waals surface area contributed by atoms with Crippen molar-refractivity contribution in [1.82, 2.24) is 16.0 Å². The molecule has 0 aliphatic carbocycles. The summed E-state index contributed by atoms with van der Waals surface area (Å²) in [6.07, 6.45) is 7.49. The summed E-state index contributed by atoms with van der Waals surface area (Å²) >= 11 is 0. The maximum atomic E-state index is 11.9. The molecule has 0 fully saturated rings. The minimum absolute atomic E-state index is 0.0959. The molecule has 202 valence electrons. The first kappa shape index (κ1) is 32.9. The third-order valence-electron chi connectivity index (χ3n) is 5.23. The Bertz CT molecular complexity index is 545. The van der Waals surface area contributed by atoms with E-state index in [1.807, 2.05) is 0 Å². The average molecular weight is 520 g/mol. The molecule has 0 spiro atoms. The summed E-state index contributed by atoms with van der Waals surface area (Å²) in [5.74, 6) is 0. The van der Waals surface area contributed by atoms with Crippen LogP contribution in [0, 0.1) is 0 Å². The van der Waals surface area contributed by atoms with E-state index in [0.717, 1.165) is 57.4 Å². The van der Waals surface area contributed by atoms with Crippen molar-refractivity contribution in [2.24, 2.45) is 0 Å². The van der Waals surface area contributed by atoms with E-state index in [2.05, 4.69) is 62.5 Å². The average Bonchev–Trinajstić information content (AvgIpc) is 2.73. The molecule has 0 saturated heterocycles. The maximum Gasteiger partial charge on any atom is 0.407 e. The zero-order valence-corrected chi connectivity index (χ0v) is 25.0. The maximum absolute atomic E-state index is 11.9. The number of rotatable bonds is 20. The molecule has 3 N–H and O–H groups in total. The van der Waals surface area contributed by atoms with Crippen molar-refractivity contribution in [3.63, 3.8) is 0 Å². The highest BCUT2D eigenvalue weighted by atomic mass is 28.4.